The number of imidazole rings is 2. The van der Waals surface area contributed by atoms with Gasteiger partial charge in [-0.1, -0.05) is 146 Å². The Morgan fingerprint density at radius 1 is 0.382 bits per heavy atom. The van der Waals surface area contributed by atoms with E-state index < -0.39 is 180 Å². The Bertz CT molecular complexity index is 3860. The number of amides is 12. The minimum absolute atomic E-state index is 0.0120. The molecule has 5 rings (SSSR count). The second-order valence-corrected chi connectivity index (χ2v) is 28.9. The number of benzene rings is 3. The number of H-pyrrole nitrogens is 2. The fraction of sp³-hybridized carbons (Fsp3) is 0.493. The first-order valence-electron chi connectivity index (χ1n) is 36.3. The number of nitrogens with two attached hydrogens (primary N) is 1. The molecular weight excluding hydrogens is 1440 g/mol. The van der Waals surface area contributed by atoms with Crippen LogP contribution < -0.4 is 69.5 Å². The van der Waals surface area contributed by atoms with Gasteiger partial charge < -0.3 is 94.8 Å². The zero-order chi connectivity index (χ0) is 81.3. The van der Waals surface area contributed by atoms with Gasteiger partial charge in [0.2, 0.25) is 70.9 Å². The number of aliphatic hydroxyl groups excluding tert-OH is 1. The summed E-state index contributed by atoms with van der Waals surface area (Å²) in [7, 11) is 0. The van der Waals surface area contributed by atoms with Crippen molar-refractivity contribution in [1.29, 1.82) is 0 Å². The second kappa shape index (κ2) is 45.0. The van der Waals surface area contributed by atoms with Crippen molar-refractivity contribution in [1.82, 2.24) is 83.7 Å². The molecule has 0 radical (unpaired) electrons. The maximum atomic E-state index is 14.5. The number of thiol groups is 1. The van der Waals surface area contributed by atoms with E-state index in [4.69, 9.17) is 5.73 Å². The highest BCUT2D eigenvalue weighted by molar-refractivity contribution is 7.80. The van der Waals surface area contributed by atoms with Crippen LogP contribution in [0.25, 0.3) is 0 Å². The number of aliphatic hydroxyl groups is 1. The van der Waals surface area contributed by atoms with E-state index in [-0.39, 0.29) is 74.9 Å². The Labute approximate surface area is 643 Å². The third-order valence-corrected chi connectivity index (χ3v) is 17.7. The summed E-state index contributed by atoms with van der Waals surface area (Å²) in [6.07, 6.45) is 3.94. The number of hydrogen-bond acceptors (Lipinski definition) is 19. The van der Waals surface area contributed by atoms with Gasteiger partial charge in [0, 0.05) is 61.6 Å². The van der Waals surface area contributed by atoms with E-state index in [1.54, 1.807) is 146 Å². The van der Waals surface area contributed by atoms with E-state index >= 15 is 0 Å². The molecule has 0 fully saturated rings. The lowest BCUT2D eigenvalue weighted by molar-refractivity contribution is -0.142. The van der Waals surface area contributed by atoms with Gasteiger partial charge in [0.1, 0.15) is 72.5 Å². The van der Waals surface area contributed by atoms with Crippen LogP contribution in [0.4, 0.5) is 0 Å². The molecule has 0 saturated heterocycles. The smallest absolute Gasteiger partial charge is 0.326 e. The van der Waals surface area contributed by atoms with Crippen LogP contribution >= 0.6 is 12.6 Å². The van der Waals surface area contributed by atoms with Crippen LogP contribution in [0.15, 0.2) is 116 Å². The molecule has 0 spiro atoms. The zero-order valence-electron chi connectivity index (χ0n) is 63.0. The minimum atomic E-state index is -1.91. The Kier molecular flexibility index (Phi) is 36.7. The molecule has 5 aromatic rings. The second-order valence-electron chi connectivity index (χ2n) is 28.5. The maximum absolute atomic E-state index is 14.5. The molecule has 13 atom stereocenters. The molecule has 110 heavy (non-hydrogen) atoms. The number of rotatable bonds is 46. The van der Waals surface area contributed by atoms with Crippen molar-refractivity contribution in [3.05, 3.63) is 144 Å². The third kappa shape index (κ3) is 30.5. The molecule has 2 aromatic heterocycles. The quantitative estimate of drug-likeness (QED) is 0.0210. The summed E-state index contributed by atoms with van der Waals surface area (Å²) in [4.78, 5) is 208. The highest BCUT2D eigenvalue weighted by Crippen LogP contribution is 2.16. The molecule has 19 N–H and O–H groups in total. The number of carboxylic acid groups (broad SMARTS) is 2. The summed E-state index contributed by atoms with van der Waals surface area (Å²) in [5.41, 5.74) is 8.75. The van der Waals surface area contributed by atoms with Crippen LogP contribution in [0.5, 0.6) is 0 Å². The van der Waals surface area contributed by atoms with E-state index in [0.29, 0.717) is 28.1 Å². The number of nitrogens with zero attached hydrogens (tertiary/aromatic N) is 2. The van der Waals surface area contributed by atoms with Gasteiger partial charge in [0.05, 0.1) is 31.7 Å². The SMILES string of the molecule is CC(C)C[C@H](NC(=O)[C@H](CO)NC(=O)[C@H](Cc1ccccc1)NC(=O)[C@H](C)NC(=O)[C@H](CC(=O)O)NC(=O)[C@H](Cc1ccccc1)NC(=O)[C@H](CC(C)C)NC(=O)[C@@H](NC(=O)[C@@H](N)Cc1cnc[nH]1)C(C)C)C(=O)N[C@@H](CC(C)C)C(=O)N[C@@H](Cc1cnc[nH]1)C(=O)N[C@@H](CS)C(=O)N[C@@H](Cc1ccccc1)C(=O)O. The van der Waals surface area contributed by atoms with Crippen LogP contribution in [0.1, 0.15) is 116 Å². The predicted octanol–water partition coefficient (Wildman–Crippen LogP) is -0.913. The van der Waals surface area contributed by atoms with E-state index in [2.05, 4.69) is 96.4 Å². The van der Waals surface area contributed by atoms with Crippen LogP contribution in [0.3, 0.4) is 0 Å². The largest absolute Gasteiger partial charge is 0.481 e. The van der Waals surface area contributed by atoms with Crippen molar-refractivity contribution < 1.29 is 82.4 Å². The predicted molar refractivity (Wildman–Crippen MR) is 406 cm³/mol. The standard InChI is InChI=1S/C75H105N17O17S/c1-40(2)25-51(67(100)86-56(32-49-35-78-39-80-49)71(104)91-60(37-110)73(106)89-58(75(108)109)30-47-23-17-12-18-24-47)83-66(99)52(26-41(3)4)84-72(105)59(36-93)90-70(103)54(28-45-19-13-10-14-20-45)82-63(96)44(9)81-65(98)57(33-61(94)95)87-69(102)55(29-46-21-15-11-16-22-46)85-68(101)53(27-42(5)6)88-74(107)62(43(7)8)92-64(97)50(76)31-48-34-77-38-79-48/h10-24,34-35,38-44,50-60,62,93,110H,25-33,36-37,76H2,1-9H3,(H,77,79)(H,78,80)(H,81,98)(H,82,96)(H,83,99)(H,84,105)(H,85,101)(H,86,100)(H,87,102)(H,88,107)(H,89,106)(H,90,103)(H,91,104)(H,92,97)(H,94,95)(H,108,109)/t44-,50-,51-,52-,53-,54-,55-,56-,57-,58-,59-,60-,62-/m0/s1. The minimum Gasteiger partial charge on any atom is -0.481 e. The van der Waals surface area contributed by atoms with Crippen molar-refractivity contribution in [3.8, 4) is 0 Å². The monoisotopic (exact) mass is 1550 g/mol. The summed E-state index contributed by atoms with van der Waals surface area (Å²) in [5, 5.41) is 61.4. The van der Waals surface area contributed by atoms with Crippen molar-refractivity contribution in [3.63, 3.8) is 0 Å². The van der Waals surface area contributed by atoms with Crippen LogP contribution in [0, 0.1) is 23.7 Å². The van der Waals surface area contributed by atoms with Gasteiger partial charge in [-0.3, -0.25) is 62.3 Å². The molecule has 2 heterocycles. The summed E-state index contributed by atoms with van der Waals surface area (Å²) in [5.74, 6) is -15.6. The van der Waals surface area contributed by atoms with Gasteiger partial charge in [-0.05, 0) is 66.5 Å². The van der Waals surface area contributed by atoms with E-state index in [1.807, 2.05) is 0 Å². The first-order chi connectivity index (χ1) is 52.1. The van der Waals surface area contributed by atoms with Crippen LogP contribution in [-0.2, 0) is 99.2 Å². The number of carboxylic acids is 2. The van der Waals surface area contributed by atoms with E-state index in [0.717, 1.165) is 0 Å². The Morgan fingerprint density at radius 2 is 0.709 bits per heavy atom. The topological polar surface area (TPSA) is 527 Å². The maximum Gasteiger partial charge on any atom is 0.326 e. The molecule has 0 bridgehead atoms. The number of nitrogens with one attached hydrogen (secondary N) is 14. The number of carbonyl (C=O) groups is 14. The van der Waals surface area contributed by atoms with Crippen molar-refractivity contribution in [2.24, 2.45) is 29.4 Å². The zero-order valence-corrected chi connectivity index (χ0v) is 63.9. The molecule has 34 nitrogen and oxygen atoms in total. The highest BCUT2D eigenvalue weighted by atomic mass is 32.1. The summed E-state index contributed by atoms with van der Waals surface area (Å²) < 4.78 is 0. The van der Waals surface area contributed by atoms with Crippen molar-refractivity contribution in [2.75, 3.05) is 12.4 Å². The number of carbonyl (C=O) groups excluding carboxylic acids is 12. The van der Waals surface area contributed by atoms with Gasteiger partial charge in [0.15, 0.2) is 0 Å². The van der Waals surface area contributed by atoms with Crippen molar-refractivity contribution in [2.45, 2.75) is 199 Å². The molecule has 0 unspecified atom stereocenters. The fourth-order valence-electron chi connectivity index (χ4n) is 11.5. The van der Waals surface area contributed by atoms with Gasteiger partial charge in [-0.15, -0.1) is 0 Å². The molecule has 35 heteroatoms. The highest BCUT2D eigenvalue weighted by Gasteiger charge is 2.38. The van der Waals surface area contributed by atoms with Crippen molar-refractivity contribution >= 4 is 95.5 Å². The first kappa shape index (κ1) is 89.6. The van der Waals surface area contributed by atoms with Gasteiger partial charge in [0.25, 0.3) is 0 Å². The molecular formula is C75H105N17O17S. The average molecular weight is 1550 g/mol. The van der Waals surface area contributed by atoms with E-state index in [1.165, 1.54) is 32.0 Å². The Morgan fingerprint density at radius 3 is 1.09 bits per heavy atom. The molecule has 598 valence electrons. The molecule has 0 aliphatic heterocycles. The molecule has 12 amide bonds. The average Bonchev–Trinajstić information content (AvgIpc) is 0.957. The van der Waals surface area contributed by atoms with E-state index in [9.17, 15) is 82.4 Å². The Hall–Kier alpha value is -11.1. The lowest BCUT2D eigenvalue weighted by Gasteiger charge is -2.29. The fourth-order valence-corrected chi connectivity index (χ4v) is 11.8. The number of aromatic nitrogens is 4. The lowest BCUT2D eigenvalue weighted by Crippen LogP contribution is -2.61. The summed E-state index contributed by atoms with van der Waals surface area (Å²) >= 11 is 4.25. The number of aliphatic carboxylic acids is 2. The number of aromatic amines is 2. The van der Waals surface area contributed by atoms with Gasteiger partial charge >= 0.3 is 11.9 Å². The molecule has 0 saturated carbocycles. The lowest BCUT2D eigenvalue weighted by atomic mass is 9.98. The molecule has 3 aromatic carbocycles. The normalized spacial score (nSPS) is 14.8. The van der Waals surface area contributed by atoms with Crippen LogP contribution in [-0.4, -0.2) is 209 Å². The number of hydrogen-bond donors (Lipinski definition) is 19. The third-order valence-electron chi connectivity index (χ3n) is 17.3. The first-order valence-corrected chi connectivity index (χ1v) is 36.9. The van der Waals surface area contributed by atoms with Crippen LogP contribution in [0.2, 0.25) is 0 Å². The Balaban J connectivity index is 1.30. The summed E-state index contributed by atoms with van der Waals surface area (Å²) in [6, 6.07) is 6.16. The summed E-state index contributed by atoms with van der Waals surface area (Å²) in [6.45, 7) is 14.1. The van der Waals surface area contributed by atoms with Gasteiger partial charge in [-0.25, -0.2) is 14.8 Å². The molecule has 0 aliphatic carbocycles. The van der Waals surface area contributed by atoms with Gasteiger partial charge in [-0.2, -0.15) is 12.6 Å². The molecule has 0 aliphatic rings.